The summed E-state index contributed by atoms with van der Waals surface area (Å²) in [5.74, 6) is -0.262. The molecule has 0 fully saturated rings. The second kappa shape index (κ2) is 7.54. The van der Waals surface area contributed by atoms with Gasteiger partial charge in [0.15, 0.2) is 16.6 Å². The van der Waals surface area contributed by atoms with Crippen molar-refractivity contribution in [3.05, 3.63) is 52.0 Å². The number of phenolic OH excluding ortho intramolecular Hbond substituents is 2. The van der Waals surface area contributed by atoms with E-state index in [9.17, 15) is 10.2 Å². The normalized spacial score (nSPS) is 10.3. The molecule has 0 spiro atoms. The molecule has 0 atom stereocenters. The standard InChI is InChI=1S/C15H14Cl2N2O2S/c16-11-3-2-10(8-12(11)17)19-15(22)18-6-5-9-1-4-13(20)14(21)7-9/h1-4,7-8,20-21H,5-6H2,(H2,18,19,22). The maximum atomic E-state index is 9.42. The van der Waals surface area contributed by atoms with Gasteiger partial charge in [-0.1, -0.05) is 29.3 Å². The molecule has 4 N–H and O–H groups in total. The molecule has 2 aromatic rings. The quantitative estimate of drug-likeness (QED) is 0.493. The molecule has 116 valence electrons. The molecule has 22 heavy (non-hydrogen) atoms. The Morgan fingerprint density at radius 1 is 1.00 bits per heavy atom. The molecule has 2 rings (SSSR count). The van der Waals surface area contributed by atoms with Crippen molar-refractivity contribution >= 4 is 46.2 Å². The fraction of sp³-hybridized carbons (Fsp3) is 0.133. The van der Waals surface area contributed by atoms with Gasteiger partial charge in [-0.05, 0) is 54.5 Å². The van der Waals surface area contributed by atoms with Crippen LogP contribution in [0.5, 0.6) is 11.5 Å². The number of thiocarbonyl (C=S) groups is 1. The number of phenols is 2. The number of halogens is 2. The Morgan fingerprint density at radius 3 is 2.45 bits per heavy atom. The second-order valence-corrected chi connectivity index (χ2v) is 5.81. The molecule has 7 heteroatoms. The number of rotatable bonds is 4. The monoisotopic (exact) mass is 356 g/mol. The summed E-state index contributed by atoms with van der Waals surface area (Å²) in [6, 6.07) is 9.87. The number of hydrogen-bond acceptors (Lipinski definition) is 3. The van der Waals surface area contributed by atoms with Crippen LogP contribution >= 0.6 is 35.4 Å². The van der Waals surface area contributed by atoms with E-state index in [4.69, 9.17) is 35.4 Å². The molecule has 4 nitrogen and oxygen atoms in total. The summed E-state index contributed by atoms with van der Waals surface area (Å²) in [4.78, 5) is 0. The van der Waals surface area contributed by atoms with E-state index in [1.165, 1.54) is 12.1 Å². The molecule has 0 saturated carbocycles. The summed E-state index contributed by atoms with van der Waals surface area (Å²) in [6.45, 7) is 0.581. The highest BCUT2D eigenvalue weighted by Gasteiger charge is 2.03. The van der Waals surface area contributed by atoms with Gasteiger partial charge >= 0.3 is 0 Å². The molecule has 0 aliphatic rings. The topological polar surface area (TPSA) is 64.5 Å². The Morgan fingerprint density at radius 2 is 1.77 bits per heavy atom. The van der Waals surface area contributed by atoms with Crippen LogP contribution < -0.4 is 10.6 Å². The van der Waals surface area contributed by atoms with Crippen LogP contribution in [0.3, 0.4) is 0 Å². The fourth-order valence-electron chi connectivity index (χ4n) is 1.79. The first-order chi connectivity index (χ1) is 10.5. The van der Waals surface area contributed by atoms with Gasteiger partial charge in [-0.25, -0.2) is 0 Å². The largest absolute Gasteiger partial charge is 0.504 e. The fourth-order valence-corrected chi connectivity index (χ4v) is 2.31. The highest BCUT2D eigenvalue weighted by molar-refractivity contribution is 7.80. The van der Waals surface area contributed by atoms with Gasteiger partial charge in [0.2, 0.25) is 0 Å². The second-order valence-electron chi connectivity index (χ2n) is 4.58. The maximum absolute atomic E-state index is 9.42. The van der Waals surface area contributed by atoms with E-state index in [0.29, 0.717) is 28.1 Å². The van der Waals surface area contributed by atoms with E-state index < -0.39 is 0 Å². The summed E-state index contributed by atoms with van der Waals surface area (Å²) in [5, 5.41) is 26.1. The smallest absolute Gasteiger partial charge is 0.170 e. The van der Waals surface area contributed by atoms with Crippen LogP contribution in [0.1, 0.15) is 5.56 Å². The number of benzene rings is 2. The number of anilines is 1. The zero-order valence-corrected chi connectivity index (χ0v) is 13.8. The molecule has 0 unspecified atom stereocenters. The van der Waals surface area contributed by atoms with Crippen LogP contribution in [-0.4, -0.2) is 21.9 Å². The highest BCUT2D eigenvalue weighted by Crippen LogP contribution is 2.25. The SMILES string of the molecule is Oc1ccc(CCNC(=S)Nc2ccc(Cl)c(Cl)c2)cc1O. The van der Waals surface area contributed by atoms with Crippen LogP contribution in [0.25, 0.3) is 0 Å². The molecule has 0 aliphatic heterocycles. The Balaban J connectivity index is 1.82. The third kappa shape index (κ3) is 4.66. The van der Waals surface area contributed by atoms with Crippen LogP contribution in [0, 0.1) is 0 Å². The Kier molecular flexibility index (Phi) is 5.71. The van der Waals surface area contributed by atoms with Gasteiger partial charge in [-0.3, -0.25) is 0 Å². The third-order valence-corrected chi connectivity index (χ3v) is 3.90. The van der Waals surface area contributed by atoms with E-state index in [-0.39, 0.29) is 11.5 Å². The van der Waals surface area contributed by atoms with Crippen LogP contribution in [-0.2, 0) is 6.42 Å². The van der Waals surface area contributed by atoms with E-state index in [1.54, 1.807) is 24.3 Å². The predicted molar refractivity (Wildman–Crippen MR) is 94.2 cm³/mol. The van der Waals surface area contributed by atoms with Gasteiger partial charge in [0.05, 0.1) is 10.0 Å². The zero-order chi connectivity index (χ0) is 16.1. The van der Waals surface area contributed by atoms with Crippen molar-refractivity contribution < 1.29 is 10.2 Å². The van der Waals surface area contributed by atoms with Crippen molar-refractivity contribution in [1.82, 2.24) is 5.32 Å². The Labute approximate surface area is 143 Å². The molecule has 0 saturated heterocycles. The maximum Gasteiger partial charge on any atom is 0.170 e. The summed E-state index contributed by atoms with van der Waals surface area (Å²) in [5.41, 5.74) is 1.63. The third-order valence-electron chi connectivity index (χ3n) is 2.92. The van der Waals surface area contributed by atoms with Crippen molar-refractivity contribution in [2.45, 2.75) is 6.42 Å². The molecule has 0 aromatic heterocycles. The van der Waals surface area contributed by atoms with E-state index in [0.717, 1.165) is 11.3 Å². The minimum Gasteiger partial charge on any atom is -0.504 e. The molecular weight excluding hydrogens is 343 g/mol. The molecule has 0 aliphatic carbocycles. The lowest BCUT2D eigenvalue weighted by Gasteiger charge is -2.11. The molecule has 0 radical (unpaired) electrons. The average molecular weight is 357 g/mol. The van der Waals surface area contributed by atoms with Gasteiger partial charge in [0.25, 0.3) is 0 Å². The van der Waals surface area contributed by atoms with E-state index in [1.807, 2.05) is 0 Å². The average Bonchev–Trinajstić information content (AvgIpc) is 2.47. The van der Waals surface area contributed by atoms with Gasteiger partial charge in [0.1, 0.15) is 0 Å². The van der Waals surface area contributed by atoms with Crippen molar-refractivity contribution in [1.29, 1.82) is 0 Å². The molecule has 0 amide bonds. The minimum atomic E-state index is -0.131. The van der Waals surface area contributed by atoms with E-state index in [2.05, 4.69) is 10.6 Å². The Hall–Kier alpha value is -1.69. The molecule has 2 aromatic carbocycles. The van der Waals surface area contributed by atoms with Crippen molar-refractivity contribution in [3.8, 4) is 11.5 Å². The molecule has 0 heterocycles. The minimum absolute atomic E-state index is 0.131. The number of aromatic hydroxyl groups is 2. The van der Waals surface area contributed by atoms with Gasteiger partial charge in [0, 0.05) is 12.2 Å². The van der Waals surface area contributed by atoms with E-state index >= 15 is 0 Å². The van der Waals surface area contributed by atoms with Crippen LogP contribution in [0.2, 0.25) is 10.0 Å². The number of nitrogens with one attached hydrogen (secondary N) is 2. The van der Waals surface area contributed by atoms with Crippen molar-refractivity contribution in [2.24, 2.45) is 0 Å². The molecule has 0 bridgehead atoms. The lowest BCUT2D eigenvalue weighted by molar-refractivity contribution is 0.403. The summed E-state index contributed by atoms with van der Waals surface area (Å²) >= 11 is 17.0. The Bertz CT molecular complexity index is 695. The first-order valence-corrected chi connectivity index (χ1v) is 7.63. The number of hydrogen-bond donors (Lipinski definition) is 4. The van der Waals surface area contributed by atoms with Crippen molar-refractivity contribution in [2.75, 3.05) is 11.9 Å². The lowest BCUT2D eigenvalue weighted by atomic mass is 10.1. The summed E-state index contributed by atoms with van der Waals surface area (Å²) in [6.07, 6.45) is 0.650. The summed E-state index contributed by atoms with van der Waals surface area (Å²) in [7, 11) is 0. The first kappa shape index (κ1) is 16.7. The van der Waals surface area contributed by atoms with Gasteiger partial charge in [-0.15, -0.1) is 0 Å². The highest BCUT2D eigenvalue weighted by atomic mass is 35.5. The van der Waals surface area contributed by atoms with Crippen molar-refractivity contribution in [3.63, 3.8) is 0 Å². The van der Waals surface area contributed by atoms with Gasteiger partial charge < -0.3 is 20.8 Å². The lowest BCUT2D eigenvalue weighted by Crippen LogP contribution is -2.30. The first-order valence-electron chi connectivity index (χ1n) is 6.46. The summed E-state index contributed by atoms with van der Waals surface area (Å²) < 4.78 is 0. The van der Waals surface area contributed by atoms with Crippen LogP contribution in [0.4, 0.5) is 5.69 Å². The zero-order valence-electron chi connectivity index (χ0n) is 11.4. The molecular formula is C15H14Cl2N2O2S. The van der Waals surface area contributed by atoms with Gasteiger partial charge in [-0.2, -0.15) is 0 Å². The van der Waals surface area contributed by atoms with Crippen LogP contribution in [0.15, 0.2) is 36.4 Å². The predicted octanol–water partition coefficient (Wildman–Crippen LogP) is 3.93.